The van der Waals surface area contributed by atoms with Gasteiger partial charge in [0.2, 0.25) is 0 Å². The van der Waals surface area contributed by atoms with Gasteiger partial charge in [-0.05, 0) is 48.4 Å². The summed E-state index contributed by atoms with van der Waals surface area (Å²) in [6.07, 6.45) is 2.51. The van der Waals surface area contributed by atoms with Gasteiger partial charge in [-0.15, -0.1) is 0 Å². The summed E-state index contributed by atoms with van der Waals surface area (Å²) in [6, 6.07) is 20.7. The number of nitrogens with zero attached hydrogens (tertiary/aromatic N) is 2. The molecule has 170 valence electrons. The number of aryl methyl sites for hydroxylation is 1. The molecule has 5 rings (SSSR count). The standard InChI is InChI=1S/C27H24N4O3/c1-3-17-8-11-20(12-9-17)31-27(33)22-16-28-23-13-10-18(14-21(23)25(22)30-31)26(32)29-15-19-6-4-5-7-24(19)34-2/h4-14,16,30H,3,15H2,1-2H3,(H,29,32). The maximum atomic E-state index is 13.1. The van der Waals surface area contributed by atoms with Gasteiger partial charge in [0.15, 0.2) is 0 Å². The summed E-state index contributed by atoms with van der Waals surface area (Å²) in [6.45, 7) is 2.43. The van der Waals surface area contributed by atoms with Gasteiger partial charge in [0, 0.05) is 29.3 Å². The second kappa shape index (κ2) is 8.86. The topological polar surface area (TPSA) is 89.0 Å². The Morgan fingerprint density at radius 3 is 2.62 bits per heavy atom. The van der Waals surface area contributed by atoms with E-state index >= 15 is 0 Å². The van der Waals surface area contributed by atoms with E-state index in [1.54, 1.807) is 31.5 Å². The lowest BCUT2D eigenvalue weighted by Crippen LogP contribution is -2.23. The van der Waals surface area contributed by atoms with Gasteiger partial charge < -0.3 is 10.1 Å². The number of hydrogen-bond acceptors (Lipinski definition) is 4. The SMILES string of the molecule is CCc1ccc(-n2[nH]c3c(cnc4ccc(C(=O)NCc5ccccc5OC)cc43)c2=O)cc1. The lowest BCUT2D eigenvalue weighted by molar-refractivity contribution is 0.0951. The lowest BCUT2D eigenvalue weighted by Gasteiger charge is -2.10. The molecule has 0 saturated carbocycles. The molecule has 2 heterocycles. The maximum absolute atomic E-state index is 13.1. The highest BCUT2D eigenvalue weighted by Gasteiger charge is 2.14. The Labute approximate surface area is 196 Å². The average molecular weight is 453 g/mol. The van der Waals surface area contributed by atoms with Crippen LogP contribution in [-0.4, -0.2) is 27.8 Å². The summed E-state index contributed by atoms with van der Waals surface area (Å²) in [5.74, 6) is 0.500. The van der Waals surface area contributed by atoms with E-state index in [0.29, 0.717) is 33.9 Å². The third-order valence-corrected chi connectivity index (χ3v) is 6.02. The first-order valence-corrected chi connectivity index (χ1v) is 11.1. The van der Waals surface area contributed by atoms with Crippen LogP contribution in [0.2, 0.25) is 0 Å². The smallest absolute Gasteiger partial charge is 0.280 e. The number of para-hydroxylation sites is 1. The van der Waals surface area contributed by atoms with Crippen molar-refractivity contribution in [1.82, 2.24) is 20.1 Å². The minimum Gasteiger partial charge on any atom is -0.496 e. The van der Waals surface area contributed by atoms with E-state index in [4.69, 9.17) is 4.74 Å². The largest absolute Gasteiger partial charge is 0.496 e. The minimum absolute atomic E-state index is 0.181. The highest BCUT2D eigenvalue weighted by molar-refractivity contribution is 6.06. The highest BCUT2D eigenvalue weighted by atomic mass is 16.5. The number of H-pyrrole nitrogens is 1. The lowest BCUT2D eigenvalue weighted by atomic mass is 10.1. The molecule has 2 aromatic heterocycles. The second-order valence-electron chi connectivity index (χ2n) is 8.05. The van der Waals surface area contributed by atoms with Crippen LogP contribution < -0.4 is 15.6 Å². The zero-order valence-corrected chi connectivity index (χ0v) is 19.0. The Balaban J connectivity index is 1.50. The summed E-state index contributed by atoms with van der Waals surface area (Å²) in [5.41, 5.74) is 4.48. The molecule has 1 amide bonds. The summed E-state index contributed by atoms with van der Waals surface area (Å²) < 4.78 is 6.87. The van der Waals surface area contributed by atoms with Gasteiger partial charge in [-0.25, -0.2) is 4.68 Å². The zero-order valence-electron chi connectivity index (χ0n) is 19.0. The number of benzene rings is 3. The highest BCUT2D eigenvalue weighted by Crippen LogP contribution is 2.23. The Bertz CT molecular complexity index is 1570. The monoisotopic (exact) mass is 452 g/mol. The first-order valence-electron chi connectivity index (χ1n) is 11.1. The number of amides is 1. The van der Waals surface area contributed by atoms with E-state index in [1.165, 1.54) is 10.2 Å². The number of aromatic amines is 1. The van der Waals surface area contributed by atoms with Crippen molar-refractivity contribution < 1.29 is 9.53 Å². The summed E-state index contributed by atoms with van der Waals surface area (Å²) in [4.78, 5) is 30.4. The molecule has 34 heavy (non-hydrogen) atoms. The molecule has 7 heteroatoms. The van der Waals surface area contributed by atoms with Crippen molar-refractivity contribution in [3.8, 4) is 11.4 Å². The number of hydrogen-bond donors (Lipinski definition) is 2. The molecule has 0 atom stereocenters. The maximum Gasteiger partial charge on any atom is 0.280 e. The van der Waals surface area contributed by atoms with E-state index in [2.05, 4.69) is 22.3 Å². The van der Waals surface area contributed by atoms with Gasteiger partial charge in [0.25, 0.3) is 11.5 Å². The van der Waals surface area contributed by atoms with Crippen molar-refractivity contribution in [3.05, 3.63) is 100.0 Å². The van der Waals surface area contributed by atoms with Crippen LogP contribution in [0, 0.1) is 0 Å². The molecular weight excluding hydrogens is 428 g/mol. The third kappa shape index (κ3) is 3.81. The van der Waals surface area contributed by atoms with Crippen molar-refractivity contribution >= 4 is 27.7 Å². The molecule has 0 bridgehead atoms. The Hall–Kier alpha value is -4.39. The summed E-state index contributed by atoms with van der Waals surface area (Å²) >= 11 is 0. The normalized spacial score (nSPS) is 11.1. The number of nitrogens with one attached hydrogen (secondary N) is 2. The fourth-order valence-corrected chi connectivity index (χ4v) is 4.09. The van der Waals surface area contributed by atoms with Crippen LogP contribution in [0.1, 0.15) is 28.4 Å². The molecule has 5 aromatic rings. The van der Waals surface area contributed by atoms with Crippen molar-refractivity contribution in [1.29, 1.82) is 0 Å². The molecule has 2 N–H and O–H groups in total. The van der Waals surface area contributed by atoms with Crippen molar-refractivity contribution in [3.63, 3.8) is 0 Å². The number of pyridine rings is 1. The number of carbonyl (C=O) groups excluding carboxylic acids is 1. The van der Waals surface area contributed by atoms with Gasteiger partial charge in [-0.2, -0.15) is 0 Å². The van der Waals surface area contributed by atoms with Gasteiger partial charge in [0.05, 0.1) is 29.2 Å². The minimum atomic E-state index is -0.221. The number of ether oxygens (including phenoxy) is 1. The van der Waals surface area contributed by atoms with Crippen molar-refractivity contribution in [2.45, 2.75) is 19.9 Å². The molecule has 0 aliphatic carbocycles. The fraction of sp³-hybridized carbons (Fsp3) is 0.148. The van der Waals surface area contributed by atoms with Crippen molar-refractivity contribution in [2.24, 2.45) is 0 Å². The van der Waals surface area contributed by atoms with Crippen LogP contribution in [0.25, 0.3) is 27.5 Å². The molecule has 0 spiro atoms. The fourth-order valence-electron chi connectivity index (χ4n) is 4.09. The molecule has 7 nitrogen and oxygen atoms in total. The van der Waals surface area contributed by atoms with Crippen molar-refractivity contribution in [2.75, 3.05) is 7.11 Å². The van der Waals surface area contributed by atoms with Gasteiger partial charge in [-0.3, -0.25) is 19.7 Å². The van der Waals surface area contributed by atoms with E-state index in [9.17, 15) is 9.59 Å². The molecule has 3 aromatic carbocycles. The van der Waals surface area contributed by atoms with Gasteiger partial charge in [-0.1, -0.05) is 37.3 Å². The predicted molar refractivity (Wildman–Crippen MR) is 133 cm³/mol. The molecule has 0 unspecified atom stereocenters. The number of rotatable bonds is 6. The third-order valence-electron chi connectivity index (χ3n) is 6.02. The molecule has 0 fully saturated rings. The van der Waals surface area contributed by atoms with E-state index in [-0.39, 0.29) is 11.5 Å². The van der Waals surface area contributed by atoms with E-state index in [1.807, 2.05) is 48.5 Å². The molecule has 0 aliphatic heterocycles. The summed E-state index contributed by atoms with van der Waals surface area (Å²) in [5, 5.41) is 7.34. The van der Waals surface area contributed by atoms with Crippen LogP contribution in [0.3, 0.4) is 0 Å². The van der Waals surface area contributed by atoms with Crippen LogP contribution in [0.5, 0.6) is 5.75 Å². The van der Waals surface area contributed by atoms with Crippen LogP contribution in [0.15, 0.2) is 77.7 Å². The zero-order chi connectivity index (χ0) is 23.7. The van der Waals surface area contributed by atoms with E-state index < -0.39 is 0 Å². The molecule has 0 saturated heterocycles. The Morgan fingerprint density at radius 2 is 1.85 bits per heavy atom. The van der Waals surface area contributed by atoms with Crippen LogP contribution in [0.4, 0.5) is 0 Å². The molecular formula is C27H24N4O3. The van der Waals surface area contributed by atoms with Gasteiger partial charge in [0.1, 0.15) is 5.75 Å². The second-order valence-corrected chi connectivity index (χ2v) is 8.05. The molecule has 0 aliphatic rings. The number of aromatic nitrogens is 3. The Kier molecular flexibility index (Phi) is 5.59. The first-order chi connectivity index (χ1) is 16.6. The Morgan fingerprint density at radius 1 is 1.06 bits per heavy atom. The summed E-state index contributed by atoms with van der Waals surface area (Å²) in [7, 11) is 1.60. The van der Waals surface area contributed by atoms with Crippen LogP contribution >= 0.6 is 0 Å². The van der Waals surface area contributed by atoms with E-state index in [0.717, 1.165) is 23.4 Å². The first kappa shape index (κ1) is 21.5. The quantitative estimate of drug-likeness (QED) is 0.400. The number of fused-ring (bicyclic) bond motifs is 3. The van der Waals surface area contributed by atoms with Gasteiger partial charge >= 0.3 is 0 Å². The number of methoxy groups -OCH3 is 1. The predicted octanol–water partition coefficient (Wildman–Crippen LogP) is 4.37. The van der Waals surface area contributed by atoms with Crippen LogP contribution in [-0.2, 0) is 13.0 Å². The average Bonchev–Trinajstić information content (AvgIpc) is 3.23. The molecule has 0 radical (unpaired) electrons. The number of carbonyl (C=O) groups is 1.